The van der Waals surface area contributed by atoms with Gasteiger partial charge in [0.05, 0.1) is 22.2 Å². The summed E-state index contributed by atoms with van der Waals surface area (Å²) in [4.78, 5) is 23.5. The molecule has 0 aliphatic heterocycles. The SMILES string of the molecule is CC(=O)c1c(C(C)=O)c2ccc3cccc1n32. The first-order valence-electron chi connectivity index (χ1n) is 5.48. The minimum Gasteiger partial charge on any atom is -0.309 e. The molecule has 0 saturated carbocycles. The van der Waals surface area contributed by atoms with Crippen LogP contribution in [-0.4, -0.2) is 16.0 Å². The molecule has 3 aromatic heterocycles. The molecule has 3 nitrogen and oxygen atoms in total. The average molecular weight is 225 g/mol. The molecule has 3 heterocycles. The van der Waals surface area contributed by atoms with Gasteiger partial charge in [0, 0.05) is 5.52 Å². The number of carbonyl (C=O) groups excluding carboxylic acids is 2. The molecule has 3 rings (SSSR count). The maximum Gasteiger partial charge on any atom is 0.162 e. The van der Waals surface area contributed by atoms with Crippen LogP contribution in [0.1, 0.15) is 34.6 Å². The zero-order valence-electron chi connectivity index (χ0n) is 9.65. The number of hydrogen-bond acceptors (Lipinski definition) is 2. The average Bonchev–Trinajstić information content (AvgIpc) is 2.82. The third-order valence-corrected chi connectivity index (χ3v) is 3.14. The van der Waals surface area contributed by atoms with Crippen molar-refractivity contribution in [1.82, 2.24) is 4.40 Å². The van der Waals surface area contributed by atoms with Crippen LogP contribution in [0.15, 0.2) is 30.3 Å². The number of hydrogen-bond donors (Lipinski definition) is 0. The molecule has 0 radical (unpaired) electrons. The van der Waals surface area contributed by atoms with E-state index in [2.05, 4.69) is 0 Å². The van der Waals surface area contributed by atoms with Crippen LogP contribution < -0.4 is 0 Å². The molecule has 0 spiro atoms. The van der Waals surface area contributed by atoms with Crippen LogP contribution in [0.3, 0.4) is 0 Å². The summed E-state index contributed by atoms with van der Waals surface area (Å²) in [6, 6.07) is 9.60. The van der Waals surface area contributed by atoms with Crippen molar-refractivity contribution in [2.45, 2.75) is 13.8 Å². The molecular formula is C14H11NO2. The summed E-state index contributed by atoms with van der Waals surface area (Å²) in [6.07, 6.45) is 0. The lowest BCUT2D eigenvalue weighted by Crippen LogP contribution is -2.00. The zero-order valence-corrected chi connectivity index (χ0v) is 9.65. The molecule has 84 valence electrons. The summed E-state index contributed by atoms with van der Waals surface area (Å²) < 4.78 is 1.97. The Labute approximate surface area is 98.0 Å². The van der Waals surface area contributed by atoms with Gasteiger partial charge in [0.25, 0.3) is 0 Å². The van der Waals surface area contributed by atoms with Gasteiger partial charge in [-0.3, -0.25) is 9.59 Å². The maximum absolute atomic E-state index is 11.7. The predicted molar refractivity (Wildman–Crippen MR) is 66.1 cm³/mol. The predicted octanol–water partition coefficient (Wildman–Crippen LogP) is 2.94. The normalized spacial score (nSPS) is 11.4. The van der Waals surface area contributed by atoms with Crippen LogP contribution in [0.5, 0.6) is 0 Å². The summed E-state index contributed by atoms with van der Waals surface area (Å²) in [6.45, 7) is 3.01. The summed E-state index contributed by atoms with van der Waals surface area (Å²) in [7, 11) is 0. The first-order chi connectivity index (χ1) is 8.11. The van der Waals surface area contributed by atoms with E-state index in [1.165, 1.54) is 13.8 Å². The lowest BCUT2D eigenvalue weighted by Gasteiger charge is -1.98. The first kappa shape index (κ1) is 10.0. The Hall–Kier alpha value is -2.16. The van der Waals surface area contributed by atoms with E-state index in [4.69, 9.17) is 0 Å². The molecule has 3 aromatic rings. The van der Waals surface area contributed by atoms with E-state index in [0.29, 0.717) is 11.1 Å². The molecular weight excluding hydrogens is 214 g/mol. The van der Waals surface area contributed by atoms with Gasteiger partial charge in [0.2, 0.25) is 0 Å². The van der Waals surface area contributed by atoms with E-state index in [-0.39, 0.29) is 11.6 Å². The lowest BCUT2D eigenvalue weighted by molar-refractivity contribution is 0.0983. The Kier molecular flexibility index (Phi) is 1.87. The van der Waals surface area contributed by atoms with Crippen molar-refractivity contribution in [3.8, 4) is 0 Å². The molecule has 0 aliphatic rings. The fourth-order valence-electron chi connectivity index (χ4n) is 2.52. The van der Waals surface area contributed by atoms with Crippen LogP contribution >= 0.6 is 0 Å². The van der Waals surface area contributed by atoms with Gasteiger partial charge in [-0.15, -0.1) is 0 Å². The number of pyridine rings is 1. The highest BCUT2D eigenvalue weighted by Crippen LogP contribution is 2.29. The molecule has 0 saturated heterocycles. The summed E-state index contributed by atoms with van der Waals surface area (Å²) in [5.74, 6) is -0.127. The van der Waals surface area contributed by atoms with Gasteiger partial charge in [-0.05, 0) is 38.1 Å². The highest BCUT2D eigenvalue weighted by atomic mass is 16.1. The Morgan fingerprint density at radius 2 is 1.47 bits per heavy atom. The van der Waals surface area contributed by atoms with Crippen molar-refractivity contribution in [2.24, 2.45) is 0 Å². The third-order valence-electron chi connectivity index (χ3n) is 3.14. The van der Waals surface area contributed by atoms with Crippen molar-refractivity contribution < 1.29 is 9.59 Å². The Bertz CT molecular complexity index is 737. The summed E-state index contributed by atoms with van der Waals surface area (Å²) in [5, 5.41) is 0. The van der Waals surface area contributed by atoms with Crippen LogP contribution in [0, 0.1) is 0 Å². The monoisotopic (exact) mass is 225 g/mol. The number of carbonyl (C=O) groups is 2. The number of nitrogens with zero attached hydrogens (tertiary/aromatic N) is 1. The Morgan fingerprint density at radius 1 is 0.882 bits per heavy atom. The van der Waals surface area contributed by atoms with Gasteiger partial charge in [-0.2, -0.15) is 0 Å². The topological polar surface area (TPSA) is 38.5 Å². The zero-order chi connectivity index (χ0) is 12.2. The second kappa shape index (κ2) is 3.17. The second-order valence-electron chi connectivity index (χ2n) is 4.25. The van der Waals surface area contributed by atoms with Gasteiger partial charge in [-0.25, -0.2) is 0 Å². The van der Waals surface area contributed by atoms with Crippen molar-refractivity contribution in [2.75, 3.05) is 0 Å². The fraction of sp³-hybridized carbons (Fsp3) is 0.143. The van der Waals surface area contributed by atoms with Crippen molar-refractivity contribution in [1.29, 1.82) is 0 Å². The molecule has 0 fully saturated rings. The number of ketones is 2. The highest BCUT2D eigenvalue weighted by Gasteiger charge is 2.22. The van der Waals surface area contributed by atoms with Gasteiger partial charge >= 0.3 is 0 Å². The molecule has 0 bridgehead atoms. The van der Waals surface area contributed by atoms with Crippen LogP contribution in [0.4, 0.5) is 0 Å². The maximum atomic E-state index is 11.7. The van der Waals surface area contributed by atoms with Crippen LogP contribution in [0.2, 0.25) is 0 Å². The third kappa shape index (κ3) is 1.16. The van der Waals surface area contributed by atoms with E-state index in [9.17, 15) is 9.59 Å². The molecule has 0 atom stereocenters. The highest BCUT2D eigenvalue weighted by molar-refractivity contribution is 6.17. The fourth-order valence-corrected chi connectivity index (χ4v) is 2.52. The minimum atomic E-state index is -0.0635. The molecule has 0 aromatic carbocycles. The van der Waals surface area contributed by atoms with Crippen molar-refractivity contribution >= 4 is 28.1 Å². The largest absolute Gasteiger partial charge is 0.309 e. The smallest absolute Gasteiger partial charge is 0.162 e. The van der Waals surface area contributed by atoms with E-state index in [1.807, 2.05) is 34.7 Å². The van der Waals surface area contributed by atoms with Gasteiger partial charge in [-0.1, -0.05) is 6.07 Å². The quantitative estimate of drug-likeness (QED) is 0.629. The first-order valence-corrected chi connectivity index (χ1v) is 5.48. The lowest BCUT2D eigenvalue weighted by atomic mass is 10.0. The standard InChI is InChI=1S/C14H11NO2/c1-8(16)13-11-5-3-4-10-6-7-12(15(10)11)14(13)9(2)17/h3-7H,1-2H3. The van der Waals surface area contributed by atoms with Gasteiger partial charge in [0.15, 0.2) is 11.6 Å². The van der Waals surface area contributed by atoms with Crippen molar-refractivity contribution in [3.63, 3.8) is 0 Å². The van der Waals surface area contributed by atoms with Crippen molar-refractivity contribution in [3.05, 3.63) is 41.5 Å². The van der Waals surface area contributed by atoms with Crippen LogP contribution in [0.25, 0.3) is 16.6 Å². The molecule has 17 heavy (non-hydrogen) atoms. The van der Waals surface area contributed by atoms with Gasteiger partial charge in [0.1, 0.15) is 0 Å². The summed E-state index contributed by atoms with van der Waals surface area (Å²) in [5.41, 5.74) is 3.73. The van der Waals surface area contributed by atoms with E-state index < -0.39 is 0 Å². The molecule has 3 heteroatoms. The van der Waals surface area contributed by atoms with Gasteiger partial charge < -0.3 is 4.40 Å². The minimum absolute atomic E-state index is 0.0635. The number of rotatable bonds is 2. The van der Waals surface area contributed by atoms with E-state index in [0.717, 1.165) is 16.6 Å². The molecule has 0 amide bonds. The second-order valence-corrected chi connectivity index (χ2v) is 4.25. The molecule has 0 N–H and O–H groups in total. The molecule has 0 aliphatic carbocycles. The Balaban J connectivity index is 2.63. The molecule has 0 unspecified atom stereocenters. The Morgan fingerprint density at radius 3 is 2.06 bits per heavy atom. The van der Waals surface area contributed by atoms with E-state index >= 15 is 0 Å². The summed E-state index contributed by atoms with van der Waals surface area (Å²) >= 11 is 0. The van der Waals surface area contributed by atoms with E-state index in [1.54, 1.807) is 0 Å². The number of Topliss-reactive ketones (excluding diaryl/α,β-unsaturated/α-hetero) is 2. The van der Waals surface area contributed by atoms with Crippen LogP contribution in [-0.2, 0) is 0 Å². The number of aromatic nitrogens is 1.